The summed E-state index contributed by atoms with van der Waals surface area (Å²) in [7, 11) is 0. The molecule has 124 valence electrons. The number of benzene rings is 1. The highest BCUT2D eigenvalue weighted by Gasteiger charge is 2.34. The molecule has 0 bridgehead atoms. The first-order chi connectivity index (χ1) is 11.5. The number of halogens is 1. The van der Waals surface area contributed by atoms with Crippen LogP contribution in [0.3, 0.4) is 0 Å². The van der Waals surface area contributed by atoms with Crippen molar-refractivity contribution >= 4 is 29.1 Å². The van der Waals surface area contributed by atoms with E-state index in [2.05, 4.69) is 10.3 Å². The van der Waals surface area contributed by atoms with Crippen LogP contribution in [0.5, 0.6) is 0 Å². The van der Waals surface area contributed by atoms with E-state index in [1.807, 2.05) is 37.3 Å². The number of nitrogens with one attached hydrogen (secondary N) is 1. The van der Waals surface area contributed by atoms with E-state index in [1.54, 1.807) is 17.2 Å². The van der Waals surface area contributed by atoms with Gasteiger partial charge in [0.2, 0.25) is 11.8 Å². The summed E-state index contributed by atoms with van der Waals surface area (Å²) >= 11 is 6.15. The van der Waals surface area contributed by atoms with Crippen molar-refractivity contribution in [1.82, 2.24) is 10.3 Å². The zero-order valence-electron chi connectivity index (χ0n) is 13.3. The van der Waals surface area contributed by atoms with Gasteiger partial charge in [0, 0.05) is 18.4 Å². The molecular formula is C18H18ClN3O2. The molecule has 6 heteroatoms. The summed E-state index contributed by atoms with van der Waals surface area (Å²) in [5.41, 5.74) is 2.41. The number of aromatic nitrogens is 1. The van der Waals surface area contributed by atoms with Gasteiger partial charge < -0.3 is 10.2 Å². The van der Waals surface area contributed by atoms with Crippen molar-refractivity contribution in [3.63, 3.8) is 0 Å². The van der Waals surface area contributed by atoms with Crippen LogP contribution in [0, 0.1) is 6.92 Å². The summed E-state index contributed by atoms with van der Waals surface area (Å²) in [4.78, 5) is 30.5. The first-order valence-corrected chi connectivity index (χ1v) is 8.19. The molecule has 2 aromatic rings. The third-order valence-corrected chi connectivity index (χ3v) is 4.34. The molecule has 0 spiro atoms. The van der Waals surface area contributed by atoms with Crippen molar-refractivity contribution in [2.75, 3.05) is 11.4 Å². The number of para-hydroxylation sites is 1. The minimum absolute atomic E-state index is 0.126. The van der Waals surface area contributed by atoms with Crippen LogP contribution < -0.4 is 10.2 Å². The second kappa shape index (κ2) is 7.01. The van der Waals surface area contributed by atoms with Gasteiger partial charge >= 0.3 is 0 Å². The maximum Gasteiger partial charge on any atom is 0.249 e. The quantitative estimate of drug-likeness (QED) is 0.927. The zero-order valence-corrected chi connectivity index (χ0v) is 14.1. The zero-order chi connectivity index (χ0) is 17.1. The van der Waals surface area contributed by atoms with Gasteiger partial charge in [-0.1, -0.05) is 29.8 Å². The maximum atomic E-state index is 12.5. The Balaban J connectivity index is 1.62. The summed E-state index contributed by atoms with van der Waals surface area (Å²) in [6.45, 7) is 2.43. The van der Waals surface area contributed by atoms with Crippen LogP contribution in [0.4, 0.5) is 5.69 Å². The third kappa shape index (κ3) is 3.57. The Kier molecular flexibility index (Phi) is 4.81. The fourth-order valence-electron chi connectivity index (χ4n) is 2.76. The lowest BCUT2D eigenvalue weighted by molar-refractivity contribution is -0.126. The van der Waals surface area contributed by atoms with Gasteiger partial charge in [-0.15, -0.1) is 0 Å². The minimum atomic E-state index is -0.507. The van der Waals surface area contributed by atoms with Crippen molar-refractivity contribution in [2.45, 2.75) is 25.8 Å². The summed E-state index contributed by atoms with van der Waals surface area (Å²) in [5, 5.41) is 3.34. The SMILES string of the molecule is Cc1ccc(CC(=O)NC2CCN(c3ccccc3Cl)C2=O)cn1. The second-order valence-corrected chi connectivity index (χ2v) is 6.24. The fraction of sp³-hybridized carbons (Fsp3) is 0.278. The van der Waals surface area contributed by atoms with Gasteiger partial charge in [0.25, 0.3) is 0 Å². The van der Waals surface area contributed by atoms with Crippen molar-refractivity contribution in [3.8, 4) is 0 Å². The van der Waals surface area contributed by atoms with Crippen LogP contribution in [0.15, 0.2) is 42.6 Å². The van der Waals surface area contributed by atoms with Crippen molar-refractivity contribution in [1.29, 1.82) is 0 Å². The molecule has 0 radical (unpaired) electrons. The van der Waals surface area contributed by atoms with Gasteiger partial charge in [0.05, 0.1) is 17.1 Å². The molecule has 24 heavy (non-hydrogen) atoms. The average Bonchev–Trinajstić information content (AvgIpc) is 2.91. The molecule has 1 saturated heterocycles. The van der Waals surface area contributed by atoms with Gasteiger partial charge in [-0.05, 0) is 37.1 Å². The monoisotopic (exact) mass is 343 g/mol. The van der Waals surface area contributed by atoms with Gasteiger partial charge in [-0.25, -0.2) is 0 Å². The van der Waals surface area contributed by atoms with Gasteiger partial charge in [-0.2, -0.15) is 0 Å². The van der Waals surface area contributed by atoms with Gasteiger partial charge in [0.1, 0.15) is 6.04 Å². The largest absolute Gasteiger partial charge is 0.344 e. The van der Waals surface area contributed by atoms with Gasteiger partial charge in [-0.3, -0.25) is 14.6 Å². The Morgan fingerprint density at radius 2 is 2.12 bits per heavy atom. The van der Waals surface area contributed by atoms with E-state index in [4.69, 9.17) is 11.6 Å². The Hall–Kier alpha value is -2.40. The molecule has 0 saturated carbocycles. The van der Waals surface area contributed by atoms with Gasteiger partial charge in [0.15, 0.2) is 0 Å². The van der Waals surface area contributed by atoms with E-state index in [-0.39, 0.29) is 18.2 Å². The van der Waals surface area contributed by atoms with Crippen LogP contribution >= 0.6 is 11.6 Å². The highest BCUT2D eigenvalue weighted by molar-refractivity contribution is 6.34. The highest BCUT2D eigenvalue weighted by atomic mass is 35.5. The van der Waals surface area contributed by atoms with E-state index < -0.39 is 6.04 Å². The molecule has 0 aliphatic carbocycles. The van der Waals surface area contributed by atoms with Crippen LogP contribution in [-0.4, -0.2) is 29.4 Å². The summed E-state index contributed by atoms with van der Waals surface area (Å²) in [6.07, 6.45) is 2.46. The number of rotatable bonds is 4. The predicted molar refractivity (Wildman–Crippen MR) is 93.0 cm³/mol. The van der Waals surface area contributed by atoms with E-state index in [1.165, 1.54) is 0 Å². The number of carbonyl (C=O) groups excluding carboxylic acids is 2. The summed E-state index contributed by atoms with van der Waals surface area (Å²) < 4.78 is 0. The van der Waals surface area contributed by atoms with Crippen molar-refractivity contribution < 1.29 is 9.59 Å². The van der Waals surface area contributed by atoms with E-state index in [9.17, 15) is 9.59 Å². The van der Waals surface area contributed by atoms with E-state index in [0.717, 1.165) is 11.3 Å². The number of aryl methyl sites for hydroxylation is 1. The van der Waals surface area contributed by atoms with E-state index in [0.29, 0.717) is 23.7 Å². The van der Waals surface area contributed by atoms with Crippen molar-refractivity contribution in [2.24, 2.45) is 0 Å². The van der Waals surface area contributed by atoms with Crippen LogP contribution in [-0.2, 0) is 16.0 Å². The first kappa shape index (κ1) is 16.5. The first-order valence-electron chi connectivity index (χ1n) is 7.81. The summed E-state index contributed by atoms with van der Waals surface area (Å²) in [6, 6.07) is 10.4. The standard InChI is InChI=1S/C18H18ClN3O2/c1-12-6-7-13(11-20-12)10-17(23)21-15-8-9-22(18(15)24)16-5-3-2-4-14(16)19/h2-7,11,15H,8-10H2,1H3,(H,21,23). The Morgan fingerprint density at radius 1 is 1.33 bits per heavy atom. The van der Waals surface area contributed by atoms with E-state index >= 15 is 0 Å². The van der Waals surface area contributed by atoms with Crippen LogP contribution in [0.2, 0.25) is 5.02 Å². The molecule has 1 fully saturated rings. The smallest absolute Gasteiger partial charge is 0.249 e. The molecule has 1 aliphatic heterocycles. The maximum absolute atomic E-state index is 12.5. The number of carbonyl (C=O) groups is 2. The molecule has 1 aliphatic rings. The second-order valence-electron chi connectivity index (χ2n) is 5.83. The number of nitrogens with zero attached hydrogens (tertiary/aromatic N) is 2. The molecule has 1 unspecified atom stereocenters. The summed E-state index contributed by atoms with van der Waals surface area (Å²) in [5.74, 6) is -0.307. The fourth-order valence-corrected chi connectivity index (χ4v) is 3.00. The van der Waals surface area contributed by atoms with Crippen LogP contribution in [0.25, 0.3) is 0 Å². The molecule has 1 N–H and O–H groups in total. The Morgan fingerprint density at radius 3 is 2.83 bits per heavy atom. The molecule has 2 heterocycles. The minimum Gasteiger partial charge on any atom is -0.344 e. The highest BCUT2D eigenvalue weighted by Crippen LogP contribution is 2.28. The topological polar surface area (TPSA) is 62.3 Å². The molecule has 1 aromatic carbocycles. The number of pyridine rings is 1. The lowest BCUT2D eigenvalue weighted by atomic mass is 10.1. The van der Waals surface area contributed by atoms with Crippen molar-refractivity contribution in [3.05, 3.63) is 58.9 Å². The lowest BCUT2D eigenvalue weighted by Gasteiger charge is -2.18. The average molecular weight is 344 g/mol. The molecule has 1 aromatic heterocycles. The Bertz CT molecular complexity index is 761. The molecular weight excluding hydrogens is 326 g/mol. The number of hydrogen-bond donors (Lipinski definition) is 1. The molecule has 1 atom stereocenters. The normalized spacial score (nSPS) is 17.2. The number of anilines is 1. The Labute approximate surface area is 145 Å². The molecule has 2 amide bonds. The molecule has 5 nitrogen and oxygen atoms in total. The predicted octanol–water partition coefficient (Wildman–Crippen LogP) is 2.51. The molecule has 3 rings (SSSR count). The lowest BCUT2D eigenvalue weighted by Crippen LogP contribution is -2.42. The third-order valence-electron chi connectivity index (χ3n) is 4.02. The number of amides is 2. The van der Waals surface area contributed by atoms with Crippen LogP contribution in [0.1, 0.15) is 17.7 Å². The number of hydrogen-bond acceptors (Lipinski definition) is 3.